The SMILES string of the molecule is O=C([O-])[C@H](Cc1ccc([N+](=O)[O-])cc1)c1ccccc1. The van der Waals surface area contributed by atoms with E-state index in [9.17, 15) is 20.0 Å². The van der Waals surface area contributed by atoms with E-state index in [4.69, 9.17) is 0 Å². The lowest BCUT2D eigenvalue weighted by Gasteiger charge is -2.18. The van der Waals surface area contributed by atoms with Crippen molar-refractivity contribution in [3.63, 3.8) is 0 Å². The quantitative estimate of drug-likeness (QED) is 0.611. The Bertz CT molecular complexity index is 608. The van der Waals surface area contributed by atoms with Crippen LogP contribution in [0.15, 0.2) is 54.6 Å². The molecular formula is C15H12NO4-. The molecule has 0 aliphatic carbocycles. The lowest BCUT2D eigenvalue weighted by atomic mass is 9.92. The third-order valence-corrected chi connectivity index (χ3v) is 3.07. The summed E-state index contributed by atoms with van der Waals surface area (Å²) in [7, 11) is 0. The molecule has 0 N–H and O–H groups in total. The Morgan fingerprint density at radius 2 is 1.65 bits per heavy atom. The number of nitrogens with zero attached hydrogens (tertiary/aromatic N) is 1. The zero-order chi connectivity index (χ0) is 14.5. The summed E-state index contributed by atoms with van der Waals surface area (Å²) in [4.78, 5) is 21.3. The predicted octanol–water partition coefficient (Wildman–Crippen LogP) is 1.67. The molecular weight excluding hydrogens is 258 g/mol. The van der Waals surface area contributed by atoms with Crippen LogP contribution >= 0.6 is 0 Å². The second-order valence-electron chi connectivity index (χ2n) is 4.41. The number of carbonyl (C=O) groups excluding carboxylic acids is 1. The Morgan fingerprint density at radius 3 is 2.15 bits per heavy atom. The summed E-state index contributed by atoms with van der Waals surface area (Å²) in [6.45, 7) is 0. The van der Waals surface area contributed by atoms with Crippen molar-refractivity contribution in [2.24, 2.45) is 0 Å². The smallest absolute Gasteiger partial charge is 0.269 e. The molecule has 0 fully saturated rings. The van der Waals surface area contributed by atoms with Crippen molar-refractivity contribution in [1.29, 1.82) is 0 Å². The first kappa shape index (κ1) is 13.7. The summed E-state index contributed by atoms with van der Waals surface area (Å²) >= 11 is 0. The minimum Gasteiger partial charge on any atom is -0.549 e. The van der Waals surface area contributed by atoms with Gasteiger partial charge in [-0.05, 0) is 17.5 Å². The van der Waals surface area contributed by atoms with Crippen LogP contribution in [0.5, 0.6) is 0 Å². The van der Waals surface area contributed by atoms with E-state index in [0.717, 1.165) is 0 Å². The third kappa shape index (κ3) is 3.20. The molecule has 0 bridgehead atoms. The Balaban J connectivity index is 2.21. The van der Waals surface area contributed by atoms with Crippen LogP contribution in [0, 0.1) is 10.1 Å². The van der Waals surface area contributed by atoms with Gasteiger partial charge in [-0.1, -0.05) is 42.5 Å². The maximum Gasteiger partial charge on any atom is 0.269 e. The molecule has 20 heavy (non-hydrogen) atoms. The maximum atomic E-state index is 11.3. The Kier molecular flexibility index (Phi) is 4.10. The van der Waals surface area contributed by atoms with Crippen LogP contribution in [-0.4, -0.2) is 10.9 Å². The van der Waals surface area contributed by atoms with Crippen LogP contribution in [0.2, 0.25) is 0 Å². The van der Waals surface area contributed by atoms with Crippen LogP contribution in [0.3, 0.4) is 0 Å². The molecule has 0 spiro atoms. The molecule has 2 aromatic carbocycles. The summed E-state index contributed by atoms with van der Waals surface area (Å²) in [5.74, 6) is -1.92. The van der Waals surface area contributed by atoms with Crippen LogP contribution in [0.1, 0.15) is 17.0 Å². The van der Waals surface area contributed by atoms with E-state index in [1.54, 1.807) is 36.4 Å². The molecule has 0 unspecified atom stereocenters. The van der Waals surface area contributed by atoms with Gasteiger partial charge >= 0.3 is 0 Å². The van der Waals surface area contributed by atoms with E-state index in [1.807, 2.05) is 6.07 Å². The fourth-order valence-corrected chi connectivity index (χ4v) is 2.01. The van der Waals surface area contributed by atoms with Crippen molar-refractivity contribution in [1.82, 2.24) is 0 Å². The summed E-state index contributed by atoms with van der Waals surface area (Å²) in [5.41, 5.74) is 1.36. The number of nitro groups is 1. The monoisotopic (exact) mass is 270 g/mol. The first-order valence-electron chi connectivity index (χ1n) is 6.07. The van der Waals surface area contributed by atoms with Gasteiger partial charge in [0.15, 0.2) is 0 Å². The number of carbonyl (C=O) groups is 1. The van der Waals surface area contributed by atoms with Gasteiger partial charge in [-0.25, -0.2) is 0 Å². The second kappa shape index (κ2) is 5.97. The van der Waals surface area contributed by atoms with Gasteiger partial charge in [0.05, 0.1) is 4.92 Å². The van der Waals surface area contributed by atoms with Gasteiger partial charge in [-0.15, -0.1) is 0 Å². The summed E-state index contributed by atoms with van der Waals surface area (Å²) in [6.07, 6.45) is 0.240. The molecule has 1 atom stereocenters. The number of hydrogen-bond acceptors (Lipinski definition) is 4. The lowest BCUT2D eigenvalue weighted by molar-refractivity contribution is -0.384. The second-order valence-corrected chi connectivity index (χ2v) is 4.41. The number of rotatable bonds is 5. The third-order valence-electron chi connectivity index (χ3n) is 3.07. The fourth-order valence-electron chi connectivity index (χ4n) is 2.01. The molecule has 0 aromatic heterocycles. The number of aliphatic carboxylic acids is 1. The fraction of sp³-hybridized carbons (Fsp3) is 0.133. The van der Waals surface area contributed by atoms with Crippen molar-refractivity contribution in [3.05, 3.63) is 75.8 Å². The van der Waals surface area contributed by atoms with E-state index in [1.165, 1.54) is 12.1 Å². The zero-order valence-electron chi connectivity index (χ0n) is 10.6. The van der Waals surface area contributed by atoms with Crippen LogP contribution in [0.4, 0.5) is 5.69 Å². The van der Waals surface area contributed by atoms with Crippen molar-refractivity contribution in [2.75, 3.05) is 0 Å². The molecule has 102 valence electrons. The molecule has 5 nitrogen and oxygen atoms in total. The number of benzene rings is 2. The molecule has 0 saturated carbocycles. The molecule has 0 radical (unpaired) electrons. The number of non-ortho nitro benzene ring substituents is 1. The topological polar surface area (TPSA) is 83.3 Å². The molecule has 0 saturated heterocycles. The lowest BCUT2D eigenvalue weighted by Crippen LogP contribution is -2.31. The van der Waals surface area contributed by atoms with E-state index < -0.39 is 16.8 Å². The van der Waals surface area contributed by atoms with Crippen molar-refractivity contribution >= 4 is 11.7 Å². The molecule has 0 heterocycles. The standard InChI is InChI=1S/C15H13NO4/c17-15(18)14(12-4-2-1-3-5-12)10-11-6-8-13(9-7-11)16(19)20/h1-9,14H,10H2,(H,17,18)/p-1/t14-/m1/s1. The van der Waals surface area contributed by atoms with Gasteiger partial charge in [-0.3, -0.25) is 10.1 Å². The maximum absolute atomic E-state index is 11.3. The largest absolute Gasteiger partial charge is 0.549 e. The van der Waals surface area contributed by atoms with Gasteiger partial charge in [0.25, 0.3) is 5.69 Å². The molecule has 5 heteroatoms. The number of nitro benzene ring substituents is 1. The average molecular weight is 270 g/mol. The van der Waals surface area contributed by atoms with Gasteiger partial charge in [0, 0.05) is 24.0 Å². The Hall–Kier alpha value is -2.69. The van der Waals surface area contributed by atoms with E-state index >= 15 is 0 Å². The van der Waals surface area contributed by atoms with E-state index in [-0.39, 0.29) is 12.1 Å². The average Bonchev–Trinajstić information content (AvgIpc) is 2.46. The highest BCUT2D eigenvalue weighted by atomic mass is 16.6. The van der Waals surface area contributed by atoms with E-state index in [0.29, 0.717) is 11.1 Å². The first-order valence-corrected chi connectivity index (χ1v) is 6.07. The summed E-state index contributed by atoms with van der Waals surface area (Å²) in [5, 5.41) is 21.8. The highest BCUT2D eigenvalue weighted by Gasteiger charge is 2.14. The Morgan fingerprint density at radius 1 is 1.05 bits per heavy atom. The predicted molar refractivity (Wildman–Crippen MR) is 71.0 cm³/mol. The first-order chi connectivity index (χ1) is 9.58. The van der Waals surface area contributed by atoms with Gasteiger partial charge in [-0.2, -0.15) is 0 Å². The minimum atomic E-state index is -1.16. The van der Waals surface area contributed by atoms with Crippen LogP contribution in [-0.2, 0) is 11.2 Å². The van der Waals surface area contributed by atoms with Crippen LogP contribution < -0.4 is 5.11 Å². The van der Waals surface area contributed by atoms with Gasteiger partial charge in [0.2, 0.25) is 0 Å². The molecule has 0 aliphatic rings. The number of carboxylic acids is 1. The molecule has 0 aliphatic heterocycles. The highest BCUT2D eigenvalue weighted by Crippen LogP contribution is 2.22. The summed E-state index contributed by atoms with van der Waals surface area (Å²) in [6, 6.07) is 14.7. The molecule has 2 rings (SSSR count). The van der Waals surface area contributed by atoms with Crippen molar-refractivity contribution < 1.29 is 14.8 Å². The zero-order valence-corrected chi connectivity index (χ0v) is 10.6. The van der Waals surface area contributed by atoms with Crippen molar-refractivity contribution in [3.8, 4) is 0 Å². The van der Waals surface area contributed by atoms with Gasteiger partial charge in [0.1, 0.15) is 0 Å². The van der Waals surface area contributed by atoms with E-state index in [2.05, 4.69) is 0 Å². The normalized spacial score (nSPS) is 11.8. The minimum absolute atomic E-state index is 0.0153. The molecule has 0 amide bonds. The summed E-state index contributed by atoms with van der Waals surface area (Å²) < 4.78 is 0. The number of carboxylic acid groups (broad SMARTS) is 1. The van der Waals surface area contributed by atoms with Crippen molar-refractivity contribution in [2.45, 2.75) is 12.3 Å². The molecule has 2 aromatic rings. The Labute approximate surface area is 115 Å². The van der Waals surface area contributed by atoms with Gasteiger partial charge < -0.3 is 9.90 Å². The van der Waals surface area contributed by atoms with Crippen LogP contribution in [0.25, 0.3) is 0 Å². The highest BCUT2D eigenvalue weighted by molar-refractivity contribution is 5.74. The number of hydrogen-bond donors (Lipinski definition) is 0.